The Morgan fingerprint density at radius 2 is 2.29 bits per heavy atom. The first-order valence-corrected chi connectivity index (χ1v) is 6.15. The van der Waals surface area contributed by atoms with Crippen molar-refractivity contribution in [1.82, 2.24) is 20.1 Å². The Labute approximate surface area is 101 Å². The second-order valence-corrected chi connectivity index (χ2v) is 4.59. The number of nitrogens with zero attached hydrogens (tertiary/aromatic N) is 3. The number of nitrogens with two attached hydrogens (primary N) is 1. The molecule has 1 aromatic rings. The number of nitrogens with one attached hydrogen (secondary N) is 1. The van der Waals surface area contributed by atoms with Gasteiger partial charge in [-0.2, -0.15) is 0 Å². The molecule has 1 fully saturated rings. The molecule has 0 atom stereocenters. The van der Waals surface area contributed by atoms with Gasteiger partial charge in [0.2, 0.25) is 11.9 Å². The van der Waals surface area contributed by atoms with Gasteiger partial charge in [0.25, 0.3) is 0 Å². The van der Waals surface area contributed by atoms with Crippen molar-refractivity contribution < 1.29 is 4.79 Å². The molecule has 1 heterocycles. The molecule has 0 spiro atoms. The summed E-state index contributed by atoms with van der Waals surface area (Å²) in [5.74, 6) is 0.967. The minimum absolute atomic E-state index is 0.0344. The normalized spacial score (nSPS) is 16.2. The SMILES string of the molecule is Nc1ncn(CC(=O)NCCC2CCCC2)n1. The Morgan fingerprint density at radius 1 is 1.53 bits per heavy atom. The molecule has 0 aromatic carbocycles. The molecule has 0 radical (unpaired) electrons. The van der Waals surface area contributed by atoms with E-state index in [-0.39, 0.29) is 18.4 Å². The number of amides is 1. The molecule has 3 N–H and O–H groups in total. The van der Waals surface area contributed by atoms with Gasteiger partial charge in [0.1, 0.15) is 12.9 Å². The molecule has 1 amide bonds. The van der Waals surface area contributed by atoms with Gasteiger partial charge in [-0.25, -0.2) is 9.67 Å². The van der Waals surface area contributed by atoms with Crippen LogP contribution in [-0.4, -0.2) is 27.2 Å². The molecule has 6 nitrogen and oxygen atoms in total. The highest BCUT2D eigenvalue weighted by molar-refractivity contribution is 5.75. The summed E-state index contributed by atoms with van der Waals surface area (Å²) < 4.78 is 1.44. The maximum atomic E-state index is 11.6. The predicted molar refractivity (Wildman–Crippen MR) is 64.0 cm³/mol. The van der Waals surface area contributed by atoms with Crippen LogP contribution in [0.5, 0.6) is 0 Å². The Kier molecular flexibility index (Phi) is 3.95. The summed E-state index contributed by atoms with van der Waals surface area (Å²) >= 11 is 0. The molecule has 0 bridgehead atoms. The Hall–Kier alpha value is -1.59. The van der Waals surface area contributed by atoms with Gasteiger partial charge in [-0.1, -0.05) is 25.7 Å². The van der Waals surface area contributed by atoms with E-state index < -0.39 is 0 Å². The average Bonchev–Trinajstić information content (AvgIpc) is 2.90. The maximum absolute atomic E-state index is 11.6. The van der Waals surface area contributed by atoms with E-state index in [1.165, 1.54) is 36.7 Å². The molecular weight excluding hydrogens is 218 g/mol. The van der Waals surface area contributed by atoms with Crippen molar-refractivity contribution in [2.45, 2.75) is 38.6 Å². The quantitative estimate of drug-likeness (QED) is 0.783. The number of hydrogen-bond acceptors (Lipinski definition) is 4. The van der Waals surface area contributed by atoms with Gasteiger partial charge in [-0.3, -0.25) is 4.79 Å². The van der Waals surface area contributed by atoms with Crippen molar-refractivity contribution >= 4 is 11.9 Å². The lowest BCUT2D eigenvalue weighted by atomic mass is 10.0. The summed E-state index contributed by atoms with van der Waals surface area (Å²) in [4.78, 5) is 15.3. The minimum Gasteiger partial charge on any atom is -0.367 e. The van der Waals surface area contributed by atoms with Crippen LogP contribution in [0.3, 0.4) is 0 Å². The van der Waals surface area contributed by atoms with Crippen molar-refractivity contribution in [1.29, 1.82) is 0 Å². The number of anilines is 1. The highest BCUT2D eigenvalue weighted by Gasteiger charge is 2.14. The summed E-state index contributed by atoms with van der Waals surface area (Å²) in [5, 5.41) is 6.76. The summed E-state index contributed by atoms with van der Waals surface area (Å²) in [6, 6.07) is 0. The molecule has 17 heavy (non-hydrogen) atoms. The van der Waals surface area contributed by atoms with Crippen molar-refractivity contribution in [2.24, 2.45) is 5.92 Å². The van der Waals surface area contributed by atoms with Gasteiger partial charge >= 0.3 is 0 Å². The van der Waals surface area contributed by atoms with E-state index in [9.17, 15) is 4.79 Å². The fraction of sp³-hybridized carbons (Fsp3) is 0.727. The van der Waals surface area contributed by atoms with Crippen molar-refractivity contribution in [3.05, 3.63) is 6.33 Å². The maximum Gasteiger partial charge on any atom is 0.241 e. The highest BCUT2D eigenvalue weighted by Crippen LogP contribution is 2.26. The van der Waals surface area contributed by atoms with E-state index in [1.807, 2.05) is 0 Å². The Morgan fingerprint density at radius 3 is 2.94 bits per heavy atom. The zero-order chi connectivity index (χ0) is 12.1. The molecular formula is C11H19N5O. The zero-order valence-corrected chi connectivity index (χ0v) is 9.93. The molecule has 1 aliphatic rings. The lowest BCUT2D eigenvalue weighted by Gasteiger charge is -2.09. The number of rotatable bonds is 5. The molecule has 1 aromatic heterocycles. The van der Waals surface area contributed by atoms with Gasteiger partial charge in [0, 0.05) is 6.54 Å². The van der Waals surface area contributed by atoms with Crippen LogP contribution in [0.4, 0.5) is 5.95 Å². The third kappa shape index (κ3) is 3.72. The summed E-state index contributed by atoms with van der Waals surface area (Å²) in [6.45, 7) is 0.947. The van der Waals surface area contributed by atoms with Crippen LogP contribution in [0.15, 0.2) is 6.33 Å². The predicted octanol–water partition coefficient (Wildman–Crippen LogP) is 0.557. The molecule has 2 rings (SSSR count). The molecule has 94 valence electrons. The first-order chi connectivity index (χ1) is 8.24. The van der Waals surface area contributed by atoms with Crippen LogP contribution in [-0.2, 0) is 11.3 Å². The number of hydrogen-bond donors (Lipinski definition) is 2. The molecule has 6 heteroatoms. The lowest BCUT2D eigenvalue weighted by molar-refractivity contribution is -0.121. The number of nitrogen functional groups attached to an aromatic ring is 1. The van der Waals surface area contributed by atoms with E-state index in [0.29, 0.717) is 0 Å². The average molecular weight is 237 g/mol. The second kappa shape index (κ2) is 5.65. The first-order valence-electron chi connectivity index (χ1n) is 6.15. The van der Waals surface area contributed by atoms with Crippen LogP contribution in [0.25, 0.3) is 0 Å². The van der Waals surface area contributed by atoms with Crippen LogP contribution in [0.1, 0.15) is 32.1 Å². The Bertz CT molecular complexity index is 370. The van der Waals surface area contributed by atoms with Gasteiger partial charge < -0.3 is 11.1 Å². The summed E-state index contributed by atoms with van der Waals surface area (Å²) in [6.07, 6.45) is 7.87. The largest absolute Gasteiger partial charge is 0.367 e. The fourth-order valence-corrected chi connectivity index (χ4v) is 2.30. The smallest absolute Gasteiger partial charge is 0.241 e. The standard InChI is InChI=1S/C11H19N5O/c12-11-14-8-16(15-11)7-10(17)13-6-5-9-3-1-2-4-9/h8-9H,1-7H2,(H2,12,15)(H,13,17). The van der Waals surface area contributed by atoms with Crippen LogP contribution < -0.4 is 11.1 Å². The topological polar surface area (TPSA) is 85.8 Å². The van der Waals surface area contributed by atoms with Crippen LogP contribution >= 0.6 is 0 Å². The minimum atomic E-state index is -0.0344. The van der Waals surface area contributed by atoms with Gasteiger partial charge in [-0.15, -0.1) is 5.10 Å². The van der Waals surface area contributed by atoms with E-state index in [0.717, 1.165) is 18.9 Å². The van der Waals surface area contributed by atoms with E-state index >= 15 is 0 Å². The molecule has 0 aliphatic heterocycles. The fourth-order valence-electron chi connectivity index (χ4n) is 2.30. The zero-order valence-electron chi connectivity index (χ0n) is 9.93. The number of aromatic nitrogens is 3. The molecule has 1 aliphatic carbocycles. The molecule has 1 saturated carbocycles. The Balaban J connectivity index is 1.63. The summed E-state index contributed by atoms with van der Waals surface area (Å²) in [7, 11) is 0. The van der Waals surface area contributed by atoms with E-state index in [4.69, 9.17) is 5.73 Å². The van der Waals surface area contributed by atoms with E-state index in [2.05, 4.69) is 15.4 Å². The lowest BCUT2D eigenvalue weighted by Crippen LogP contribution is -2.29. The van der Waals surface area contributed by atoms with Crippen molar-refractivity contribution in [3.8, 4) is 0 Å². The van der Waals surface area contributed by atoms with Crippen LogP contribution in [0, 0.1) is 5.92 Å². The van der Waals surface area contributed by atoms with Crippen molar-refractivity contribution in [2.75, 3.05) is 12.3 Å². The van der Waals surface area contributed by atoms with Gasteiger partial charge in [-0.05, 0) is 12.3 Å². The van der Waals surface area contributed by atoms with Crippen molar-refractivity contribution in [3.63, 3.8) is 0 Å². The van der Waals surface area contributed by atoms with Crippen LogP contribution in [0.2, 0.25) is 0 Å². The molecule has 0 saturated heterocycles. The first kappa shape index (κ1) is 11.9. The highest BCUT2D eigenvalue weighted by atomic mass is 16.2. The molecule has 0 unspecified atom stereocenters. The monoisotopic (exact) mass is 237 g/mol. The van der Waals surface area contributed by atoms with E-state index in [1.54, 1.807) is 0 Å². The third-order valence-electron chi connectivity index (χ3n) is 3.21. The summed E-state index contributed by atoms with van der Waals surface area (Å²) in [5.41, 5.74) is 5.36. The third-order valence-corrected chi connectivity index (χ3v) is 3.21. The van der Waals surface area contributed by atoms with Gasteiger partial charge in [0.15, 0.2) is 0 Å². The number of carbonyl (C=O) groups excluding carboxylic acids is 1. The second-order valence-electron chi connectivity index (χ2n) is 4.59. The van der Waals surface area contributed by atoms with Gasteiger partial charge in [0.05, 0.1) is 0 Å². The number of carbonyl (C=O) groups is 1.